The van der Waals surface area contributed by atoms with Crippen LogP contribution in [0.5, 0.6) is 0 Å². The molecule has 1 aromatic carbocycles. The standard InChI is InChI=1S/C16H15F3N4/c1-11(15-22-21-14-7-2-3-8-23(14)15)20-10-12-5-4-6-13(9-12)16(17,18)19/h2-9,11,20H,10H2,1H3/t11-/m0/s1. The normalized spacial score (nSPS) is 13.4. The highest BCUT2D eigenvalue weighted by molar-refractivity contribution is 5.37. The van der Waals surface area contributed by atoms with Gasteiger partial charge in [0, 0.05) is 12.7 Å². The zero-order chi connectivity index (χ0) is 16.4. The molecule has 0 aliphatic heterocycles. The Kier molecular flexibility index (Phi) is 4.04. The number of nitrogens with one attached hydrogen (secondary N) is 1. The molecule has 0 aliphatic carbocycles. The van der Waals surface area contributed by atoms with Gasteiger partial charge in [-0.05, 0) is 30.7 Å². The number of pyridine rings is 1. The first-order valence-corrected chi connectivity index (χ1v) is 7.14. The van der Waals surface area contributed by atoms with Crippen LogP contribution in [0.4, 0.5) is 13.2 Å². The Morgan fingerprint density at radius 1 is 1.13 bits per heavy atom. The smallest absolute Gasteiger partial charge is 0.303 e. The average molecular weight is 320 g/mol. The molecule has 1 N–H and O–H groups in total. The van der Waals surface area contributed by atoms with Crippen molar-refractivity contribution in [2.75, 3.05) is 0 Å². The fraction of sp³-hybridized carbons (Fsp3) is 0.250. The number of hydrogen-bond donors (Lipinski definition) is 1. The number of benzene rings is 1. The number of alkyl halides is 3. The predicted octanol–water partition coefficient (Wildman–Crippen LogP) is 3.60. The summed E-state index contributed by atoms with van der Waals surface area (Å²) in [6.07, 6.45) is -2.47. The second kappa shape index (κ2) is 6.00. The SMILES string of the molecule is C[C@H](NCc1cccc(C(F)(F)F)c1)c1nnc2ccccn12. The lowest BCUT2D eigenvalue weighted by molar-refractivity contribution is -0.137. The van der Waals surface area contributed by atoms with Crippen molar-refractivity contribution in [1.29, 1.82) is 0 Å². The van der Waals surface area contributed by atoms with Crippen LogP contribution in [0.25, 0.3) is 5.65 Å². The molecule has 0 saturated heterocycles. The molecule has 4 nitrogen and oxygen atoms in total. The quantitative estimate of drug-likeness (QED) is 0.799. The van der Waals surface area contributed by atoms with E-state index in [9.17, 15) is 13.2 Å². The molecule has 0 amide bonds. The molecule has 0 bridgehead atoms. The molecule has 0 aliphatic rings. The lowest BCUT2D eigenvalue weighted by Crippen LogP contribution is -2.20. The van der Waals surface area contributed by atoms with E-state index in [2.05, 4.69) is 15.5 Å². The second-order valence-corrected chi connectivity index (χ2v) is 5.29. The first-order chi connectivity index (χ1) is 10.9. The van der Waals surface area contributed by atoms with E-state index < -0.39 is 11.7 Å². The van der Waals surface area contributed by atoms with E-state index >= 15 is 0 Å². The highest BCUT2D eigenvalue weighted by Gasteiger charge is 2.30. The van der Waals surface area contributed by atoms with E-state index in [1.54, 1.807) is 6.07 Å². The fourth-order valence-electron chi connectivity index (χ4n) is 2.38. The summed E-state index contributed by atoms with van der Waals surface area (Å²) in [4.78, 5) is 0. The molecular weight excluding hydrogens is 305 g/mol. The van der Waals surface area contributed by atoms with Gasteiger partial charge in [-0.2, -0.15) is 13.2 Å². The van der Waals surface area contributed by atoms with E-state index in [0.717, 1.165) is 17.8 Å². The molecule has 120 valence electrons. The third-order valence-electron chi connectivity index (χ3n) is 3.59. The summed E-state index contributed by atoms with van der Waals surface area (Å²) < 4.78 is 40.0. The van der Waals surface area contributed by atoms with Crippen molar-refractivity contribution in [2.24, 2.45) is 0 Å². The highest BCUT2D eigenvalue weighted by Crippen LogP contribution is 2.29. The third kappa shape index (κ3) is 3.34. The van der Waals surface area contributed by atoms with Gasteiger partial charge in [0.25, 0.3) is 0 Å². The predicted molar refractivity (Wildman–Crippen MR) is 79.7 cm³/mol. The molecule has 3 aromatic rings. The number of halogens is 3. The zero-order valence-corrected chi connectivity index (χ0v) is 12.4. The second-order valence-electron chi connectivity index (χ2n) is 5.29. The van der Waals surface area contributed by atoms with Crippen LogP contribution in [0.2, 0.25) is 0 Å². The van der Waals surface area contributed by atoms with Crippen molar-refractivity contribution in [3.8, 4) is 0 Å². The minimum Gasteiger partial charge on any atom is -0.303 e. The van der Waals surface area contributed by atoms with E-state index in [4.69, 9.17) is 0 Å². The number of nitrogens with zero attached hydrogens (tertiary/aromatic N) is 3. The molecule has 0 spiro atoms. The summed E-state index contributed by atoms with van der Waals surface area (Å²) in [5.74, 6) is 0.715. The lowest BCUT2D eigenvalue weighted by atomic mass is 10.1. The van der Waals surface area contributed by atoms with Crippen LogP contribution in [-0.4, -0.2) is 14.6 Å². The monoisotopic (exact) mass is 320 g/mol. The summed E-state index contributed by atoms with van der Waals surface area (Å²) in [7, 11) is 0. The van der Waals surface area contributed by atoms with Crippen LogP contribution in [0, 0.1) is 0 Å². The maximum Gasteiger partial charge on any atom is 0.416 e. The van der Waals surface area contributed by atoms with Crippen LogP contribution < -0.4 is 5.32 Å². The van der Waals surface area contributed by atoms with Crippen molar-refractivity contribution in [2.45, 2.75) is 25.7 Å². The molecule has 0 saturated carbocycles. The van der Waals surface area contributed by atoms with Gasteiger partial charge in [0.2, 0.25) is 0 Å². The average Bonchev–Trinajstić information content (AvgIpc) is 2.96. The largest absolute Gasteiger partial charge is 0.416 e. The first kappa shape index (κ1) is 15.5. The Bertz CT molecular complexity index is 810. The fourth-order valence-corrected chi connectivity index (χ4v) is 2.38. The maximum atomic E-state index is 12.7. The van der Waals surface area contributed by atoms with Crippen molar-refractivity contribution in [3.05, 3.63) is 65.6 Å². The van der Waals surface area contributed by atoms with Gasteiger partial charge >= 0.3 is 6.18 Å². The van der Waals surface area contributed by atoms with Crippen LogP contribution >= 0.6 is 0 Å². The van der Waals surface area contributed by atoms with Gasteiger partial charge in [-0.15, -0.1) is 10.2 Å². The van der Waals surface area contributed by atoms with Crippen molar-refractivity contribution in [1.82, 2.24) is 19.9 Å². The van der Waals surface area contributed by atoms with Gasteiger partial charge in [0.1, 0.15) is 0 Å². The molecule has 2 aromatic heterocycles. The molecular formula is C16H15F3N4. The Labute approximate surface area is 131 Å². The molecule has 0 fully saturated rings. The van der Waals surface area contributed by atoms with Gasteiger partial charge in [-0.1, -0.05) is 24.3 Å². The first-order valence-electron chi connectivity index (χ1n) is 7.14. The Hall–Kier alpha value is -2.41. The number of rotatable bonds is 4. The van der Waals surface area contributed by atoms with E-state index in [1.807, 2.05) is 35.7 Å². The van der Waals surface area contributed by atoms with Gasteiger partial charge in [-0.25, -0.2) is 0 Å². The highest BCUT2D eigenvalue weighted by atomic mass is 19.4. The Balaban J connectivity index is 1.73. The van der Waals surface area contributed by atoms with Gasteiger partial charge in [0.15, 0.2) is 11.5 Å². The van der Waals surface area contributed by atoms with E-state index in [1.165, 1.54) is 6.07 Å². The summed E-state index contributed by atoms with van der Waals surface area (Å²) in [5.41, 5.74) is 0.660. The summed E-state index contributed by atoms with van der Waals surface area (Å²) in [6.45, 7) is 2.21. The van der Waals surface area contributed by atoms with Crippen LogP contribution in [0.1, 0.15) is 29.9 Å². The molecule has 1 atom stereocenters. The third-order valence-corrected chi connectivity index (χ3v) is 3.59. The minimum absolute atomic E-state index is 0.151. The Morgan fingerprint density at radius 2 is 1.96 bits per heavy atom. The van der Waals surface area contributed by atoms with Crippen molar-refractivity contribution < 1.29 is 13.2 Å². The number of hydrogen-bond acceptors (Lipinski definition) is 3. The molecule has 3 rings (SSSR count). The number of fused-ring (bicyclic) bond motifs is 1. The summed E-state index contributed by atoms with van der Waals surface area (Å²) in [5, 5.41) is 11.4. The van der Waals surface area contributed by atoms with Crippen LogP contribution in [0.3, 0.4) is 0 Å². The van der Waals surface area contributed by atoms with Crippen LogP contribution in [-0.2, 0) is 12.7 Å². The zero-order valence-electron chi connectivity index (χ0n) is 12.4. The minimum atomic E-state index is -4.33. The molecule has 2 heterocycles. The molecule has 7 heteroatoms. The maximum absolute atomic E-state index is 12.7. The molecule has 0 radical (unpaired) electrons. The van der Waals surface area contributed by atoms with Crippen molar-refractivity contribution >= 4 is 5.65 Å². The summed E-state index contributed by atoms with van der Waals surface area (Å²) >= 11 is 0. The topological polar surface area (TPSA) is 42.2 Å². The molecule has 0 unspecified atom stereocenters. The summed E-state index contributed by atoms with van der Waals surface area (Å²) in [6, 6.07) is 10.7. The molecule has 23 heavy (non-hydrogen) atoms. The van der Waals surface area contributed by atoms with E-state index in [0.29, 0.717) is 17.9 Å². The van der Waals surface area contributed by atoms with Gasteiger partial charge < -0.3 is 5.32 Å². The van der Waals surface area contributed by atoms with Gasteiger partial charge in [-0.3, -0.25) is 4.40 Å². The van der Waals surface area contributed by atoms with Gasteiger partial charge in [0.05, 0.1) is 11.6 Å². The number of aromatic nitrogens is 3. The lowest BCUT2D eigenvalue weighted by Gasteiger charge is -2.13. The Morgan fingerprint density at radius 3 is 2.74 bits per heavy atom. The van der Waals surface area contributed by atoms with Crippen LogP contribution in [0.15, 0.2) is 48.7 Å². The van der Waals surface area contributed by atoms with Crippen molar-refractivity contribution in [3.63, 3.8) is 0 Å². The van der Waals surface area contributed by atoms with E-state index in [-0.39, 0.29) is 6.04 Å².